The molecule has 8 nitrogen and oxygen atoms in total. The molecule has 1 aliphatic rings. The number of carbonyl (C=O) groups is 1. The van der Waals surface area contributed by atoms with E-state index in [2.05, 4.69) is 20.6 Å². The number of anilines is 1. The van der Waals surface area contributed by atoms with E-state index in [1.54, 1.807) is 27.6 Å². The van der Waals surface area contributed by atoms with Crippen molar-refractivity contribution >= 4 is 11.9 Å². The van der Waals surface area contributed by atoms with Crippen molar-refractivity contribution in [1.29, 1.82) is 0 Å². The summed E-state index contributed by atoms with van der Waals surface area (Å²) in [5.74, 6) is -0.144. The second-order valence-electron chi connectivity index (χ2n) is 5.57. The summed E-state index contributed by atoms with van der Waals surface area (Å²) in [6.45, 7) is 3.07. The van der Waals surface area contributed by atoms with Crippen molar-refractivity contribution in [2.45, 2.75) is 19.9 Å². The maximum Gasteiger partial charge on any atom is 0.281 e. The lowest BCUT2D eigenvalue weighted by Crippen LogP contribution is -2.38. The highest BCUT2D eigenvalue weighted by Gasteiger charge is 2.28. The number of amides is 1. The monoisotopic (exact) mass is 327 g/mol. The van der Waals surface area contributed by atoms with Crippen LogP contribution in [0, 0.1) is 12.7 Å². The minimum atomic E-state index is -0.319. The number of nitrogens with zero attached hydrogens (tertiary/aromatic N) is 7. The number of fused-ring (bicyclic) bond motifs is 1. The Morgan fingerprint density at radius 3 is 2.79 bits per heavy atom. The van der Waals surface area contributed by atoms with Gasteiger partial charge >= 0.3 is 0 Å². The number of halogens is 1. The lowest BCUT2D eigenvalue weighted by Gasteiger charge is -2.24. The van der Waals surface area contributed by atoms with Crippen LogP contribution in [-0.4, -0.2) is 42.4 Å². The summed E-state index contributed by atoms with van der Waals surface area (Å²) in [4.78, 5) is 14.3. The molecule has 0 spiro atoms. The summed E-state index contributed by atoms with van der Waals surface area (Å²) in [7, 11) is 0. The predicted octanol–water partition coefficient (Wildman–Crippen LogP) is 1.36. The van der Waals surface area contributed by atoms with E-state index < -0.39 is 0 Å². The molecule has 0 N–H and O–H groups in total. The number of rotatable bonds is 2. The zero-order valence-corrected chi connectivity index (χ0v) is 12.9. The van der Waals surface area contributed by atoms with Gasteiger partial charge in [-0.15, -0.1) is 0 Å². The van der Waals surface area contributed by atoms with Gasteiger partial charge < -0.3 is 0 Å². The molecule has 1 aliphatic heterocycles. The average molecular weight is 327 g/mol. The van der Waals surface area contributed by atoms with Crippen LogP contribution in [0.2, 0.25) is 0 Å². The highest BCUT2D eigenvalue weighted by molar-refractivity contribution is 6.04. The van der Waals surface area contributed by atoms with E-state index in [4.69, 9.17) is 0 Å². The van der Waals surface area contributed by atoms with Gasteiger partial charge in [0.05, 0.1) is 5.69 Å². The smallest absolute Gasteiger partial charge is 0.274 e. The topological polar surface area (TPSA) is 81.7 Å². The van der Waals surface area contributed by atoms with Gasteiger partial charge in [-0.1, -0.05) is 5.10 Å². The molecule has 0 aliphatic carbocycles. The molecule has 0 radical (unpaired) electrons. The quantitative estimate of drug-likeness (QED) is 0.710. The number of hydrogen-bond donors (Lipinski definition) is 0. The fourth-order valence-electron chi connectivity index (χ4n) is 2.77. The Morgan fingerprint density at radius 2 is 2.00 bits per heavy atom. The molecule has 24 heavy (non-hydrogen) atoms. The van der Waals surface area contributed by atoms with Gasteiger partial charge in [0.2, 0.25) is 0 Å². The van der Waals surface area contributed by atoms with Crippen molar-refractivity contribution in [3.8, 4) is 5.69 Å². The number of hydrogen-bond acceptors (Lipinski definition) is 5. The van der Waals surface area contributed by atoms with Gasteiger partial charge in [-0.05, 0) is 54.1 Å². The van der Waals surface area contributed by atoms with Crippen LogP contribution in [0.1, 0.15) is 22.6 Å². The lowest BCUT2D eigenvalue weighted by atomic mass is 10.3. The first kappa shape index (κ1) is 14.5. The van der Waals surface area contributed by atoms with Crippen molar-refractivity contribution in [3.05, 3.63) is 47.5 Å². The van der Waals surface area contributed by atoms with Gasteiger partial charge in [-0.3, -0.25) is 9.69 Å². The molecule has 0 fully saturated rings. The maximum absolute atomic E-state index is 13.1. The molecule has 3 aromatic rings. The third-order valence-corrected chi connectivity index (χ3v) is 3.93. The second kappa shape index (κ2) is 5.52. The Balaban J connectivity index is 1.68. The molecule has 9 heteroatoms. The number of aryl methyl sites for hydroxylation is 2. The largest absolute Gasteiger partial charge is 0.281 e. The van der Waals surface area contributed by atoms with Gasteiger partial charge in [-0.25, -0.2) is 13.8 Å². The van der Waals surface area contributed by atoms with E-state index >= 15 is 0 Å². The number of benzene rings is 1. The number of tetrazole rings is 1. The first-order valence-electron chi connectivity index (χ1n) is 7.54. The maximum atomic E-state index is 13.1. The van der Waals surface area contributed by atoms with Gasteiger partial charge in [0.15, 0.2) is 5.69 Å². The van der Waals surface area contributed by atoms with E-state index in [1.165, 1.54) is 17.0 Å². The third kappa shape index (κ3) is 2.34. The minimum absolute atomic E-state index is 0.255. The molecular formula is C15H14FN7O. The molecule has 3 heterocycles. The first-order valence-corrected chi connectivity index (χ1v) is 7.54. The van der Waals surface area contributed by atoms with E-state index in [-0.39, 0.29) is 11.7 Å². The molecule has 4 rings (SSSR count). The van der Waals surface area contributed by atoms with E-state index in [9.17, 15) is 9.18 Å². The summed E-state index contributed by atoms with van der Waals surface area (Å²) in [6, 6.07) is 7.65. The van der Waals surface area contributed by atoms with E-state index in [0.29, 0.717) is 30.4 Å². The summed E-state index contributed by atoms with van der Waals surface area (Å²) >= 11 is 0. The van der Waals surface area contributed by atoms with Crippen LogP contribution in [0.4, 0.5) is 10.3 Å². The average Bonchev–Trinajstić information content (AvgIpc) is 3.21. The Hall–Kier alpha value is -3.10. The number of carbonyl (C=O) groups excluding carboxylic acids is 1. The fourth-order valence-corrected chi connectivity index (χ4v) is 2.77. The summed E-state index contributed by atoms with van der Waals surface area (Å²) in [5.41, 5.74) is 1.77. The molecule has 0 atom stereocenters. The number of aromatic nitrogens is 6. The van der Waals surface area contributed by atoms with Crippen LogP contribution in [0.3, 0.4) is 0 Å². The zero-order valence-electron chi connectivity index (χ0n) is 12.9. The first-order chi connectivity index (χ1) is 11.6. The standard InChI is InChI=1S/C15H14FN7O/c1-10-9-13(18-23(10)12-5-3-11(16)4-6-12)14(24)21-7-2-8-22-15(21)17-19-20-22/h3-6,9H,2,7-8H2,1H3. The summed E-state index contributed by atoms with van der Waals surface area (Å²) < 4.78 is 16.3. The van der Waals surface area contributed by atoms with Crippen molar-refractivity contribution in [2.24, 2.45) is 0 Å². The summed E-state index contributed by atoms with van der Waals surface area (Å²) in [6.07, 6.45) is 0.779. The molecule has 2 aromatic heterocycles. The SMILES string of the molecule is Cc1cc(C(=O)N2CCCn3nnnc32)nn1-c1ccc(F)cc1. The molecule has 1 amide bonds. The Morgan fingerprint density at radius 1 is 1.21 bits per heavy atom. The molecule has 0 saturated carbocycles. The zero-order chi connectivity index (χ0) is 16.7. The Bertz CT molecular complexity index is 899. The fraction of sp³-hybridized carbons (Fsp3) is 0.267. The highest BCUT2D eigenvalue weighted by atomic mass is 19.1. The van der Waals surface area contributed by atoms with Crippen molar-refractivity contribution < 1.29 is 9.18 Å². The second-order valence-corrected chi connectivity index (χ2v) is 5.57. The van der Waals surface area contributed by atoms with Gasteiger partial charge in [0, 0.05) is 18.8 Å². The molecule has 0 unspecified atom stereocenters. The van der Waals surface area contributed by atoms with Crippen molar-refractivity contribution in [2.75, 3.05) is 11.4 Å². The van der Waals surface area contributed by atoms with Crippen molar-refractivity contribution in [3.63, 3.8) is 0 Å². The van der Waals surface area contributed by atoms with Crippen LogP contribution in [0.15, 0.2) is 30.3 Å². The molecular weight excluding hydrogens is 313 g/mol. The molecule has 122 valence electrons. The van der Waals surface area contributed by atoms with Crippen LogP contribution in [0.25, 0.3) is 5.69 Å². The van der Waals surface area contributed by atoms with Crippen molar-refractivity contribution in [1.82, 2.24) is 30.0 Å². The Kier molecular flexibility index (Phi) is 3.33. The van der Waals surface area contributed by atoms with Gasteiger partial charge in [0.1, 0.15) is 5.82 Å². The molecule has 1 aromatic carbocycles. The van der Waals surface area contributed by atoms with E-state index in [0.717, 1.165) is 12.1 Å². The highest BCUT2D eigenvalue weighted by Crippen LogP contribution is 2.20. The molecule has 0 bridgehead atoms. The predicted molar refractivity (Wildman–Crippen MR) is 82.4 cm³/mol. The normalized spacial score (nSPS) is 13.8. The van der Waals surface area contributed by atoms with E-state index in [1.807, 2.05) is 6.92 Å². The third-order valence-electron chi connectivity index (χ3n) is 3.93. The van der Waals surface area contributed by atoms with Crippen LogP contribution in [-0.2, 0) is 6.54 Å². The van der Waals surface area contributed by atoms with Crippen LogP contribution >= 0.6 is 0 Å². The minimum Gasteiger partial charge on any atom is -0.274 e. The van der Waals surface area contributed by atoms with Crippen LogP contribution < -0.4 is 4.90 Å². The van der Waals surface area contributed by atoms with Crippen LogP contribution in [0.5, 0.6) is 0 Å². The van der Waals surface area contributed by atoms with Gasteiger partial charge in [0.25, 0.3) is 11.9 Å². The lowest BCUT2D eigenvalue weighted by molar-refractivity contribution is 0.0975. The van der Waals surface area contributed by atoms with Gasteiger partial charge in [-0.2, -0.15) is 5.10 Å². The summed E-state index contributed by atoms with van der Waals surface area (Å²) in [5, 5.41) is 15.8. The molecule has 0 saturated heterocycles. The Labute approximate surface area is 136 Å².